The molecule has 4 heterocycles. The maximum atomic E-state index is 13.1. The summed E-state index contributed by atoms with van der Waals surface area (Å²) in [5.74, 6) is 0.161. The summed E-state index contributed by atoms with van der Waals surface area (Å²) in [5.41, 5.74) is -1.14. The van der Waals surface area contributed by atoms with Gasteiger partial charge in [-0.15, -0.1) is 5.10 Å². The van der Waals surface area contributed by atoms with Crippen LogP contribution in [0, 0.1) is 0 Å². The third-order valence-corrected chi connectivity index (χ3v) is 6.19. The number of anilines is 1. The van der Waals surface area contributed by atoms with Crippen molar-refractivity contribution in [3.63, 3.8) is 0 Å². The van der Waals surface area contributed by atoms with E-state index in [4.69, 9.17) is 0 Å². The van der Waals surface area contributed by atoms with Gasteiger partial charge in [0.1, 0.15) is 11.4 Å². The molecular weight excluding hydrogens is 447 g/mol. The van der Waals surface area contributed by atoms with E-state index in [-0.39, 0.29) is 39.0 Å². The van der Waals surface area contributed by atoms with Gasteiger partial charge in [0.25, 0.3) is 0 Å². The first-order valence-electron chi connectivity index (χ1n) is 9.63. The molecule has 32 heavy (non-hydrogen) atoms. The minimum atomic E-state index is -4.55. The lowest BCUT2D eigenvalue weighted by Crippen LogP contribution is -2.27. The van der Waals surface area contributed by atoms with Crippen molar-refractivity contribution in [2.24, 2.45) is 0 Å². The molecule has 0 saturated heterocycles. The van der Waals surface area contributed by atoms with Crippen molar-refractivity contribution in [1.29, 1.82) is 0 Å². The third kappa shape index (κ3) is 3.87. The number of nitrogens with one attached hydrogen (secondary N) is 1. The summed E-state index contributed by atoms with van der Waals surface area (Å²) in [4.78, 5) is 8.44. The average Bonchev–Trinajstić information content (AvgIpc) is 3.27. The van der Waals surface area contributed by atoms with Gasteiger partial charge in [0.15, 0.2) is 32.0 Å². The van der Waals surface area contributed by atoms with Crippen LogP contribution in [0.25, 0.3) is 22.7 Å². The van der Waals surface area contributed by atoms with E-state index in [2.05, 4.69) is 25.5 Å². The Bertz CT molecular complexity index is 1430. The summed E-state index contributed by atoms with van der Waals surface area (Å²) in [6, 6.07) is 3.36. The Morgan fingerprint density at radius 1 is 1.12 bits per heavy atom. The first-order valence-corrected chi connectivity index (χ1v) is 11.3. The fourth-order valence-corrected chi connectivity index (χ4v) is 4.09. The largest absolute Gasteiger partial charge is 0.416 e. The van der Waals surface area contributed by atoms with Crippen molar-refractivity contribution in [3.05, 3.63) is 36.2 Å². The van der Waals surface area contributed by atoms with E-state index >= 15 is 0 Å². The number of fused-ring (bicyclic) bond motifs is 2. The molecule has 0 aliphatic rings. The Morgan fingerprint density at radius 3 is 2.47 bits per heavy atom. The second-order valence-corrected chi connectivity index (χ2v) is 10.4. The molecule has 0 aromatic carbocycles. The van der Waals surface area contributed by atoms with Crippen LogP contribution in [0.1, 0.15) is 33.3 Å². The predicted octanol–water partition coefficient (Wildman–Crippen LogP) is 3.46. The van der Waals surface area contributed by atoms with Crippen molar-refractivity contribution in [1.82, 2.24) is 29.2 Å². The first-order chi connectivity index (χ1) is 14.8. The molecule has 0 atom stereocenters. The molecule has 0 spiro atoms. The molecule has 4 rings (SSSR count). The SMILES string of the molecule is CCS(=O)(=O)c1nn2c(NC(C)(C)C)ccnc2c1-c1nc2cc(C(F)(F)F)ccn2n1. The van der Waals surface area contributed by atoms with Crippen molar-refractivity contribution in [3.8, 4) is 11.4 Å². The molecular formula is C19H20F3N7O2S. The van der Waals surface area contributed by atoms with Crippen LogP contribution in [0.2, 0.25) is 0 Å². The van der Waals surface area contributed by atoms with Crippen LogP contribution in [0.5, 0.6) is 0 Å². The lowest BCUT2D eigenvalue weighted by atomic mass is 10.1. The van der Waals surface area contributed by atoms with Crippen molar-refractivity contribution in [2.45, 2.75) is 44.4 Å². The van der Waals surface area contributed by atoms with Gasteiger partial charge in [-0.2, -0.15) is 22.8 Å². The van der Waals surface area contributed by atoms with Crippen LogP contribution in [-0.2, 0) is 16.0 Å². The van der Waals surface area contributed by atoms with Gasteiger partial charge in [-0.1, -0.05) is 6.92 Å². The number of nitrogens with zero attached hydrogens (tertiary/aromatic N) is 6. The number of hydrogen-bond donors (Lipinski definition) is 1. The van der Waals surface area contributed by atoms with Gasteiger partial charge < -0.3 is 5.32 Å². The molecule has 4 aromatic heterocycles. The average molecular weight is 467 g/mol. The van der Waals surface area contributed by atoms with Gasteiger partial charge in [0.05, 0.1) is 11.3 Å². The highest BCUT2D eigenvalue weighted by Gasteiger charge is 2.32. The highest BCUT2D eigenvalue weighted by atomic mass is 32.2. The van der Waals surface area contributed by atoms with E-state index < -0.39 is 21.6 Å². The molecule has 0 radical (unpaired) electrons. The summed E-state index contributed by atoms with van der Waals surface area (Å²) in [7, 11) is -3.84. The lowest BCUT2D eigenvalue weighted by molar-refractivity contribution is -0.137. The third-order valence-electron chi connectivity index (χ3n) is 4.55. The number of pyridine rings is 1. The van der Waals surface area contributed by atoms with Crippen LogP contribution in [0.4, 0.5) is 19.0 Å². The van der Waals surface area contributed by atoms with Gasteiger partial charge >= 0.3 is 6.18 Å². The van der Waals surface area contributed by atoms with E-state index in [1.54, 1.807) is 6.07 Å². The Balaban J connectivity index is 2.01. The van der Waals surface area contributed by atoms with Gasteiger partial charge in [0, 0.05) is 17.9 Å². The van der Waals surface area contributed by atoms with E-state index in [9.17, 15) is 21.6 Å². The van der Waals surface area contributed by atoms with Crippen LogP contribution in [0.15, 0.2) is 35.6 Å². The summed E-state index contributed by atoms with van der Waals surface area (Å²) >= 11 is 0. The lowest BCUT2D eigenvalue weighted by Gasteiger charge is -2.22. The van der Waals surface area contributed by atoms with Gasteiger partial charge in [-0.3, -0.25) is 0 Å². The van der Waals surface area contributed by atoms with Gasteiger partial charge in [0.2, 0.25) is 0 Å². The number of hydrogen-bond acceptors (Lipinski definition) is 7. The van der Waals surface area contributed by atoms with Crippen LogP contribution in [0.3, 0.4) is 0 Å². The minimum absolute atomic E-state index is 0.0293. The molecule has 170 valence electrons. The predicted molar refractivity (Wildman–Crippen MR) is 111 cm³/mol. The number of aromatic nitrogens is 6. The molecule has 4 aromatic rings. The number of rotatable bonds is 4. The summed E-state index contributed by atoms with van der Waals surface area (Å²) in [6.45, 7) is 7.25. The van der Waals surface area contributed by atoms with Gasteiger partial charge in [-0.05, 0) is 39.0 Å². The van der Waals surface area contributed by atoms with Gasteiger partial charge in [-0.25, -0.2) is 22.9 Å². The second kappa shape index (κ2) is 7.15. The smallest absolute Gasteiger partial charge is 0.365 e. The zero-order valence-electron chi connectivity index (χ0n) is 17.6. The standard InChI is InChI=1S/C19H20F3N7O2S/c1-5-32(30,31)17-14(16-23-8-6-12(29(16)27-17)25-18(2,3)4)15-24-13-10-11(19(20,21)22)7-9-28(13)26-15/h6-10,25H,5H2,1-4H3. The molecule has 13 heteroatoms. The Labute approximate surface area is 181 Å². The summed E-state index contributed by atoms with van der Waals surface area (Å²) in [5, 5.41) is 11.4. The van der Waals surface area contributed by atoms with Crippen molar-refractivity contribution >= 4 is 26.9 Å². The Morgan fingerprint density at radius 2 is 1.84 bits per heavy atom. The molecule has 0 fully saturated rings. The van der Waals surface area contributed by atoms with E-state index in [1.165, 1.54) is 17.6 Å². The molecule has 1 N–H and O–H groups in total. The molecule has 0 bridgehead atoms. The molecule has 9 nitrogen and oxygen atoms in total. The van der Waals surface area contributed by atoms with Crippen LogP contribution < -0.4 is 5.32 Å². The highest BCUT2D eigenvalue weighted by molar-refractivity contribution is 7.91. The maximum Gasteiger partial charge on any atom is 0.416 e. The summed E-state index contributed by atoms with van der Waals surface area (Å²) in [6.07, 6.45) is -1.95. The topological polar surface area (TPSA) is 107 Å². The van der Waals surface area contributed by atoms with Crippen LogP contribution >= 0.6 is 0 Å². The maximum absolute atomic E-state index is 13.1. The van der Waals surface area contributed by atoms with Crippen molar-refractivity contribution < 1.29 is 21.6 Å². The molecule has 0 unspecified atom stereocenters. The monoisotopic (exact) mass is 467 g/mol. The molecule has 0 saturated carbocycles. The van der Waals surface area contributed by atoms with E-state index in [0.717, 1.165) is 22.8 Å². The first kappa shape index (κ1) is 22.0. The molecule has 0 amide bonds. The number of alkyl halides is 3. The number of sulfone groups is 1. The zero-order valence-corrected chi connectivity index (χ0v) is 18.5. The summed E-state index contributed by atoms with van der Waals surface area (Å²) < 4.78 is 67.4. The molecule has 0 aliphatic carbocycles. The Hall–Kier alpha value is -3.22. The zero-order chi connectivity index (χ0) is 23.5. The Kier molecular flexibility index (Phi) is 4.91. The normalized spacial score (nSPS) is 13.2. The second-order valence-electron chi connectivity index (χ2n) is 8.18. The quantitative estimate of drug-likeness (QED) is 0.490. The molecule has 0 aliphatic heterocycles. The van der Waals surface area contributed by atoms with E-state index in [0.29, 0.717) is 5.82 Å². The van der Waals surface area contributed by atoms with Crippen LogP contribution in [-0.4, -0.2) is 48.9 Å². The fraction of sp³-hybridized carbons (Fsp3) is 0.368. The highest BCUT2D eigenvalue weighted by Crippen LogP contribution is 2.33. The van der Waals surface area contributed by atoms with E-state index in [1.807, 2.05) is 20.8 Å². The minimum Gasteiger partial charge on any atom is -0.365 e. The fourth-order valence-electron chi connectivity index (χ4n) is 3.12. The number of halogens is 3. The van der Waals surface area contributed by atoms with Crippen molar-refractivity contribution in [2.75, 3.05) is 11.1 Å².